The van der Waals surface area contributed by atoms with E-state index < -0.39 is 0 Å². The van der Waals surface area contributed by atoms with E-state index in [1.165, 1.54) is 12.8 Å². The van der Waals surface area contributed by atoms with Crippen molar-refractivity contribution in [2.75, 3.05) is 39.3 Å². The topological polar surface area (TPSA) is 61.6 Å². The maximum absolute atomic E-state index is 12.0. The average molecular weight is 298 g/mol. The summed E-state index contributed by atoms with van der Waals surface area (Å²) in [6.45, 7) is 13.8. The van der Waals surface area contributed by atoms with Crippen molar-refractivity contribution < 1.29 is 4.79 Å². The van der Waals surface area contributed by atoms with Crippen molar-refractivity contribution in [1.82, 2.24) is 15.1 Å². The standard InChI is InChI=1S/C16H34N4O/c1-5-6-15(11-17)20-9-7-19(8-10-20)12-16(21)18-14(4)13(2)3/h13-15H,5-12,17H2,1-4H3,(H,18,21). The second-order valence-electron chi connectivity index (χ2n) is 6.59. The molecule has 0 radical (unpaired) electrons. The lowest BCUT2D eigenvalue weighted by atomic mass is 10.1. The summed E-state index contributed by atoms with van der Waals surface area (Å²) in [7, 11) is 0. The third-order valence-electron chi connectivity index (χ3n) is 4.57. The first kappa shape index (κ1) is 18.4. The molecule has 5 heteroatoms. The summed E-state index contributed by atoms with van der Waals surface area (Å²) in [5, 5.41) is 3.08. The van der Waals surface area contributed by atoms with E-state index in [0.29, 0.717) is 18.5 Å². The molecule has 2 atom stereocenters. The molecule has 0 bridgehead atoms. The highest BCUT2D eigenvalue weighted by Crippen LogP contribution is 2.10. The monoisotopic (exact) mass is 298 g/mol. The number of nitrogens with two attached hydrogens (primary N) is 1. The number of rotatable bonds is 8. The first-order valence-electron chi connectivity index (χ1n) is 8.43. The third-order valence-corrected chi connectivity index (χ3v) is 4.57. The molecule has 1 fully saturated rings. The van der Waals surface area contributed by atoms with Gasteiger partial charge in [0.1, 0.15) is 0 Å². The van der Waals surface area contributed by atoms with Crippen molar-refractivity contribution in [2.45, 2.75) is 52.6 Å². The molecule has 1 rings (SSSR count). The minimum Gasteiger partial charge on any atom is -0.352 e. The molecule has 0 aliphatic carbocycles. The number of amides is 1. The number of carbonyl (C=O) groups excluding carboxylic acids is 1. The first-order valence-corrected chi connectivity index (χ1v) is 8.43. The summed E-state index contributed by atoms with van der Waals surface area (Å²) in [4.78, 5) is 16.7. The van der Waals surface area contributed by atoms with Crippen molar-refractivity contribution in [3.63, 3.8) is 0 Å². The largest absolute Gasteiger partial charge is 0.352 e. The lowest BCUT2D eigenvalue weighted by Gasteiger charge is -2.38. The van der Waals surface area contributed by atoms with Gasteiger partial charge in [0.05, 0.1) is 6.54 Å². The molecule has 0 aromatic rings. The number of hydrogen-bond acceptors (Lipinski definition) is 4. The summed E-state index contributed by atoms with van der Waals surface area (Å²) in [5.74, 6) is 0.624. The third kappa shape index (κ3) is 6.32. The van der Waals surface area contributed by atoms with Crippen molar-refractivity contribution >= 4 is 5.91 Å². The Morgan fingerprint density at radius 1 is 1.19 bits per heavy atom. The zero-order valence-corrected chi connectivity index (χ0v) is 14.3. The Morgan fingerprint density at radius 2 is 1.81 bits per heavy atom. The predicted octanol–water partition coefficient (Wildman–Crippen LogP) is 0.892. The zero-order chi connectivity index (χ0) is 15.8. The molecular formula is C16H34N4O. The van der Waals surface area contributed by atoms with Gasteiger partial charge in [0, 0.05) is 44.8 Å². The fraction of sp³-hybridized carbons (Fsp3) is 0.938. The maximum Gasteiger partial charge on any atom is 0.234 e. The highest BCUT2D eigenvalue weighted by Gasteiger charge is 2.23. The van der Waals surface area contributed by atoms with Crippen LogP contribution in [0.5, 0.6) is 0 Å². The Morgan fingerprint density at radius 3 is 2.29 bits per heavy atom. The lowest BCUT2D eigenvalue weighted by molar-refractivity contribution is -0.123. The van der Waals surface area contributed by atoms with E-state index in [1.54, 1.807) is 0 Å². The van der Waals surface area contributed by atoms with Gasteiger partial charge in [-0.25, -0.2) is 0 Å². The normalized spacial score (nSPS) is 20.5. The van der Waals surface area contributed by atoms with Gasteiger partial charge < -0.3 is 11.1 Å². The van der Waals surface area contributed by atoms with Crippen LogP contribution in [-0.2, 0) is 4.79 Å². The van der Waals surface area contributed by atoms with E-state index >= 15 is 0 Å². The number of carbonyl (C=O) groups is 1. The first-order chi connectivity index (χ1) is 9.97. The molecule has 1 heterocycles. The molecule has 0 saturated carbocycles. The Labute approximate surface area is 130 Å². The Hall–Kier alpha value is -0.650. The zero-order valence-electron chi connectivity index (χ0n) is 14.3. The molecule has 3 N–H and O–H groups in total. The van der Waals surface area contributed by atoms with E-state index in [2.05, 4.69) is 42.8 Å². The van der Waals surface area contributed by atoms with Crippen molar-refractivity contribution in [1.29, 1.82) is 0 Å². The molecule has 0 aromatic carbocycles. The molecule has 2 unspecified atom stereocenters. The van der Waals surface area contributed by atoms with Gasteiger partial charge in [0.25, 0.3) is 0 Å². The van der Waals surface area contributed by atoms with E-state index in [1.807, 2.05) is 0 Å². The van der Waals surface area contributed by atoms with Gasteiger partial charge in [-0.15, -0.1) is 0 Å². The molecule has 21 heavy (non-hydrogen) atoms. The van der Waals surface area contributed by atoms with Gasteiger partial charge in [-0.05, 0) is 19.3 Å². The van der Waals surface area contributed by atoms with Gasteiger partial charge >= 0.3 is 0 Å². The summed E-state index contributed by atoms with van der Waals surface area (Å²) in [6.07, 6.45) is 2.35. The highest BCUT2D eigenvalue weighted by atomic mass is 16.2. The molecule has 1 saturated heterocycles. The van der Waals surface area contributed by atoms with E-state index in [-0.39, 0.29) is 11.9 Å². The Kier molecular flexibility index (Phi) is 8.22. The molecule has 5 nitrogen and oxygen atoms in total. The van der Waals surface area contributed by atoms with E-state index in [9.17, 15) is 4.79 Å². The van der Waals surface area contributed by atoms with Crippen LogP contribution in [0, 0.1) is 5.92 Å². The quantitative estimate of drug-likeness (QED) is 0.699. The van der Waals surface area contributed by atoms with Crippen molar-refractivity contribution in [3.05, 3.63) is 0 Å². The highest BCUT2D eigenvalue weighted by molar-refractivity contribution is 5.78. The molecule has 1 amide bonds. The minimum absolute atomic E-state index is 0.147. The Bertz CT molecular complexity index is 301. The van der Waals surface area contributed by atoms with Crippen LogP contribution >= 0.6 is 0 Å². The van der Waals surface area contributed by atoms with Crippen LogP contribution in [0.1, 0.15) is 40.5 Å². The molecule has 1 aliphatic rings. The molecule has 0 aromatic heterocycles. The number of nitrogens with zero attached hydrogens (tertiary/aromatic N) is 2. The minimum atomic E-state index is 0.147. The van der Waals surface area contributed by atoms with Crippen LogP contribution in [0.3, 0.4) is 0 Å². The second-order valence-corrected chi connectivity index (χ2v) is 6.59. The lowest BCUT2D eigenvalue weighted by Crippen LogP contribution is -2.54. The van der Waals surface area contributed by atoms with Crippen molar-refractivity contribution in [3.8, 4) is 0 Å². The van der Waals surface area contributed by atoms with E-state index in [4.69, 9.17) is 5.73 Å². The van der Waals surface area contributed by atoms with Crippen LogP contribution in [0.2, 0.25) is 0 Å². The van der Waals surface area contributed by atoms with Gasteiger partial charge in [-0.3, -0.25) is 14.6 Å². The van der Waals surface area contributed by atoms with Crippen LogP contribution in [-0.4, -0.2) is 67.1 Å². The molecule has 1 aliphatic heterocycles. The molecule has 124 valence electrons. The summed E-state index contributed by atoms with van der Waals surface area (Å²) in [5.41, 5.74) is 5.87. The SMILES string of the molecule is CCCC(CN)N1CCN(CC(=O)NC(C)C(C)C)CC1. The van der Waals surface area contributed by atoms with Gasteiger partial charge in [-0.2, -0.15) is 0 Å². The second kappa shape index (κ2) is 9.38. The maximum atomic E-state index is 12.0. The van der Waals surface area contributed by atoms with Gasteiger partial charge in [-0.1, -0.05) is 27.2 Å². The van der Waals surface area contributed by atoms with Gasteiger partial charge in [0.15, 0.2) is 0 Å². The van der Waals surface area contributed by atoms with Crippen LogP contribution < -0.4 is 11.1 Å². The summed E-state index contributed by atoms with van der Waals surface area (Å²) in [6, 6.07) is 0.747. The fourth-order valence-corrected chi connectivity index (χ4v) is 2.74. The molecular weight excluding hydrogens is 264 g/mol. The number of nitrogens with one attached hydrogen (secondary N) is 1. The predicted molar refractivity (Wildman–Crippen MR) is 88.2 cm³/mol. The van der Waals surface area contributed by atoms with Crippen LogP contribution in [0.15, 0.2) is 0 Å². The number of hydrogen-bond donors (Lipinski definition) is 2. The van der Waals surface area contributed by atoms with Crippen LogP contribution in [0.4, 0.5) is 0 Å². The fourth-order valence-electron chi connectivity index (χ4n) is 2.74. The van der Waals surface area contributed by atoms with Crippen molar-refractivity contribution in [2.24, 2.45) is 11.7 Å². The Balaban J connectivity index is 2.31. The summed E-state index contributed by atoms with van der Waals surface area (Å²) >= 11 is 0. The van der Waals surface area contributed by atoms with Crippen LogP contribution in [0.25, 0.3) is 0 Å². The molecule has 0 spiro atoms. The average Bonchev–Trinajstić information content (AvgIpc) is 2.45. The van der Waals surface area contributed by atoms with Gasteiger partial charge in [0.2, 0.25) is 5.91 Å². The number of piperazine rings is 1. The summed E-state index contributed by atoms with van der Waals surface area (Å²) < 4.78 is 0. The smallest absolute Gasteiger partial charge is 0.234 e. The van der Waals surface area contributed by atoms with E-state index in [0.717, 1.165) is 32.7 Å².